The Bertz CT molecular complexity index is 803. The van der Waals surface area contributed by atoms with Gasteiger partial charge < -0.3 is 4.74 Å². The molecule has 0 aliphatic heterocycles. The van der Waals surface area contributed by atoms with Crippen LogP contribution in [-0.2, 0) is 6.42 Å². The second-order valence-corrected chi connectivity index (χ2v) is 6.87. The standard InChI is InChI=1S/C17H18N4O2S/c1-23-16-13(14(9-6-7-9)18-8-19-16)15-20-10-4-3-5-11(22)12(10)17(21-15)24-2/h8-9H,3-7H2,1-2H3. The maximum atomic E-state index is 12.3. The Morgan fingerprint density at radius 2 is 2.00 bits per heavy atom. The van der Waals surface area contributed by atoms with E-state index in [1.54, 1.807) is 7.11 Å². The molecule has 2 aromatic heterocycles. The average Bonchev–Trinajstić information content (AvgIpc) is 3.45. The van der Waals surface area contributed by atoms with Crippen LogP contribution in [0.15, 0.2) is 11.4 Å². The number of hydrogen-bond donors (Lipinski definition) is 0. The summed E-state index contributed by atoms with van der Waals surface area (Å²) in [7, 11) is 1.60. The molecule has 6 nitrogen and oxygen atoms in total. The molecular weight excluding hydrogens is 324 g/mol. The van der Waals surface area contributed by atoms with E-state index in [-0.39, 0.29) is 5.78 Å². The highest BCUT2D eigenvalue weighted by Gasteiger charge is 2.32. The minimum Gasteiger partial charge on any atom is -0.480 e. The van der Waals surface area contributed by atoms with Crippen LogP contribution in [0.5, 0.6) is 5.88 Å². The van der Waals surface area contributed by atoms with E-state index in [0.29, 0.717) is 29.6 Å². The molecular formula is C17H18N4O2S. The number of nitrogens with zero attached hydrogens (tertiary/aromatic N) is 4. The predicted molar refractivity (Wildman–Crippen MR) is 90.6 cm³/mol. The number of aromatic nitrogens is 4. The third-order valence-electron chi connectivity index (χ3n) is 4.46. The highest BCUT2D eigenvalue weighted by molar-refractivity contribution is 7.98. The van der Waals surface area contributed by atoms with Crippen LogP contribution in [0.25, 0.3) is 11.4 Å². The molecule has 4 rings (SSSR count). The van der Waals surface area contributed by atoms with Gasteiger partial charge in [-0.2, -0.15) is 0 Å². The first-order chi connectivity index (χ1) is 11.7. The minimum atomic E-state index is 0.144. The first-order valence-electron chi connectivity index (χ1n) is 8.10. The Balaban J connectivity index is 1.93. The summed E-state index contributed by atoms with van der Waals surface area (Å²) in [6.07, 6.45) is 7.93. The number of Topliss-reactive ketones (excluding diaryl/α,β-unsaturated/α-hetero) is 1. The molecule has 24 heavy (non-hydrogen) atoms. The largest absolute Gasteiger partial charge is 0.480 e. The number of aryl methyl sites for hydroxylation is 1. The first-order valence-corrected chi connectivity index (χ1v) is 9.32. The summed E-state index contributed by atoms with van der Waals surface area (Å²) in [5.74, 6) is 1.65. The van der Waals surface area contributed by atoms with Crippen LogP contribution in [0.3, 0.4) is 0 Å². The molecule has 7 heteroatoms. The number of carbonyl (C=O) groups excluding carboxylic acids is 1. The number of ketones is 1. The van der Waals surface area contributed by atoms with Crippen molar-refractivity contribution in [1.29, 1.82) is 0 Å². The van der Waals surface area contributed by atoms with Gasteiger partial charge in [0.15, 0.2) is 11.6 Å². The van der Waals surface area contributed by atoms with E-state index in [0.717, 1.165) is 47.7 Å². The number of carbonyl (C=O) groups is 1. The van der Waals surface area contributed by atoms with Gasteiger partial charge in [-0.1, -0.05) is 0 Å². The molecule has 124 valence electrons. The molecule has 0 amide bonds. The molecule has 0 radical (unpaired) electrons. The molecule has 2 aromatic rings. The maximum absolute atomic E-state index is 12.3. The van der Waals surface area contributed by atoms with E-state index in [2.05, 4.69) is 15.0 Å². The highest BCUT2D eigenvalue weighted by Crippen LogP contribution is 2.45. The van der Waals surface area contributed by atoms with Crippen molar-refractivity contribution in [2.45, 2.75) is 43.0 Å². The fourth-order valence-corrected chi connectivity index (χ4v) is 3.77. The molecule has 2 aliphatic rings. The summed E-state index contributed by atoms with van der Waals surface area (Å²) in [5.41, 5.74) is 3.27. The molecule has 0 aromatic carbocycles. The van der Waals surface area contributed by atoms with Crippen LogP contribution in [0, 0.1) is 0 Å². The summed E-state index contributed by atoms with van der Waals surface area (Å²) in [6.45, 7) is 0. The molecule has 1 saturated carbocycles. The Kier molecular flexibility index (Phi) is 3.96. The van der Waals surface area contributed by atoms with Crippen LogP contribution in [0.1, 0.15) is 53.3 Å². The van der Waals surface area contributed by atoms with Gasteiger partial charge in [0.2, 0.25) is 5.88 Å². The van der Waals surface area contributed by atoms with Crippen molar-refractivity contribution in [2.24, 2.45) is 0 Å². The zero-order valence-corrected chi connectivity index (χ0v) is 14.5. The third kappa shape index (κ3) is 2.56. The van der Waals surface area contributed by atoms with Gasteiger partial charge >= 0.3 is 0 Å². The minimum absolute atomic E-state index is 0.144. The van der Waals surface area contributed by atoms with E-state index < -0.39 is 0 Å². The van der Waals surface area contributed by atoms with Crippen molar-refractivity contribution in [3.05, 3.63) is 23.3 Å². The van der Waals surface area contributed by atoms with Gasteiger partial charge in [0, 0.05) is 12.3 Å². The van der Waals surface area contributed by atoms with Crippen molar-refractivity contribution in [3.63, 3.8) is 0 Å². The third-order valence-corrected chi connectivity index (χ3v) is 5.15. The van der Waals surface area contributed by atoms with Gasteiger partial charge in [0.05, 0.1) is 24.1 Å². The van der Waals surface area contributed by atoms with Gasteiger partial charge in [-0.15, -0.1) is 11.8 Å². The van der Waals surface area contributed by atoms with E-state index in [1.807, 2.05) is 6.26 Å². The Morgan fingerprint density at radius 1 is 1.17 bits per heavy atom. The van der Waals surface area contributed by atoms with E-state index in [1.165, 1.54) is 18.1 Å². The molecule has 1 fully saturated rings. The second kappa shape index (κ2) is 6.12. The predicted octanol–water partition coefficient (Wildman–Crippen LogP) is 3.06. The van der Waals surface area contributed by atoms with Crippen molar-refractivity contribution < 1.29 is 9.53 Å². The monoisotopic (exact) mass is 342 g/mol. The summed E-state index contributed by atoms with van der Waals surface area (Å²) < 4.78 is 5.45. The van der Waals surface area contributed by atoms with Crippen LogP contribution in [-0.4, -0.2) is 39.1 Å². The van der Waals surface area contributed by atoms with Gasteiger partial charge in [-0.25, -0.2) is 19.9 Å². The number of ether oxygens (including phenoxy) is 1. The van der Waals surface area contributed by atoms with Crippen LogP contribution in [0.2, 0.25) is 0 Å². The zero-order chi connectivity index (χ0) is 16.7. The van der Waals surface area contributed by atoms with Gasteiger partial charge in [-0.05, 0) is 31.9 Å². The molecule has 0 N–H and O–H groups in total. The van der Waals surface area contributed by atoms with Gasteiger partial charge in [0.25, 0.3) is 0 Å². The molecule has 0 bridgehead atoms. The number of methoxy groups -OCH3 is 1. The quantitative estimate of drug-likeness (QED) is 0.624. The molecule has 2 aliphatic carbocycles. The molecule has 0 saturated heterocycles. The summed E-state index contributed by atoms with van der Waals surface area (Å²) in [6, 6.07) is 0. The average molecular weight is 342 g/mol. The van der Waals surface area contributed by atoms with Crippen LogP contribution < -0.4 is 4.74 Å². The smallest absolute Gasteiger partial charge is 0.227 e. The van der Waals surface area contributed by atoms with Gasteiger partial charge in [-0.3, -0.25) is 4.79 Å². The SMILES string of the molecule is COc1ncnc(C2CC2)c1-c1nc2c(c(SC)n1)C(=O)CCC2. The first kappa shape index (κ1) is 15.5. The van der Waals surface area contributed by atoms with E-state index in [9.17, 15) is 4.79 Å². The number of hydrogen-bond acceptors (Lipinski definition) is 7. The lowest BCUT2D eigenvalue weighted by atomic mass is 9.96. The lowest BCUT2D eigenvalue weighted by molar-refractivity contribution is 0.0967. The summed E-state index contributed by atoms with van der Waals surface area (Å²) >= 11 is 1.49. The van der Waals surface area contributed by atoms with Crippen LogP contribution in [0.4, 0.5) is 0 Å². The van der Waals surface area contributed by atoms with E-state index >= 15 is 0 Å². The molecule has 0 unspecified atom stereocenters. The molecule has 0 atom stereocenters. The highest BCUT2D eigenvalue weighted by atomic mass is 32.2. The van der Waals surface area contributed by atoms with Crippen molar-refractivity contribution >= 4 is 17.5 Å². The zero-order valence-electron chi connectivity index (χ0n) is 13.7. The molecule has 0 spiro atoms. The Hall–Kier alpha value is -2.02. The summed E-state index contributed by atoms with van der Waals surface area (Å²) in [4.78, 5) is 30.4. The molecule has 2 heterocycles. The van der Waals surface area contributed by atoms with E-state index in [4.69, 9.17) is 9.72 Å². The fourth-order valence-electron chi connectivity index (χ4n) is 3.16. The number of fused-ring (bicyclic) bond motifs is 1. The Morgan fingerprint density at radius 3 is 2.71 bits per heavy atom. The lowest BCUT2D eigenvalue weighted by Crippen LogP contribution is -2.16. The number of thioether (sulfide) groups is 1. The fraction of sp³-hybridized carbons (Fsp3) is 0.471. The Labute approximate surface area is 144 Å². The van der Waals surface area contributed by atoms with Gasteiger partial charge in [0.1, 0.15) is 16.9 Å². The van der Waals surface area contributed by atoms with Crippen molar-refractivity contribution in [1.82, 2.24) is 19.9 Å². The van der Waals surface area contributed by atoms with Crippen LogP contribution >= 0.6 is 11.8 Å². The second-order valence-electron chi connectivity index (χ2n) is 6.07. The summed E-state index contributed by atoms with van der Waals surface area (Å²) in [5, 5.41) is 0.743. The topological polar surface area (TPSA) is 77.9 Å². The normalized spacial score (nSPS) is 16.8. The van der Waals surface area contributed by atoms with Crippen molar-refractivity contribution in [2.75, 3.05) is 13.4 Å². The number of rotatable bonds is 4. The lowest BCUT2D eigenvalue weighted by Gasteiger charge is -2.18. The van der Waals surface area contributed by atoms with Crippen molar-refractivity contribution in [3.8, 4) is 17.3 Å². The maximum Gasteiger partial charge on any atom is 0.227 e.